The summed E-state index contributed by atoms with van der Waals surface area (Å²) in [6.45, 7) is 6.54. The third-order valence-corrected chi connectivity index (χ3v) is 2.86. The number of hydrogen-bond acceptors (Lipinski definition) is 2. The Bertz CT molecular complexity index is 376. The first-order valence-electron chi connectivity index (χ1n) is 5.91. The first kappa shape index (κ1) is 13.7. The summed E-state index contributed by atoms with van der Waals surface area (Å²) in [5, 5.41) is 2.56. The van der Waals surface area contributed by atoms with Crippen LogP contribution in [0.5, 0.6) is 0 Å². The summed E-state index contributed by atoms with van der Waals surface area (Å²) < 4.78 is 0. The zero-order valence-electron chi connectivity index (χ0n) is 11.1. The third-order valence-electron chi connectivity index (χ3n) is 2.86. The number of amides is 1. The molecule has 3 N–H and O–H groups in total. The average molecular weight is 234 g/mol. The van der Waals surface area contributed by atoms with Crippen molar-refractivity contribution in [1.29, 1.82) is 0 Å². The lowest BCUT2D eigenvalue weighted by atomic mass is 9.86. The van der Waals surface area contributed by atoms with Crippen LogP contribution in [0.3, 0.4) is 0 Å². The van der Waals surface area contributed by atoms with Crippen LogP contribution in [-0.4, -0.2) is 19.0 Å². The first-order valence-corrected chi connectivity index (χ1v) is 5.91. The van der Waals surface area contributed by atoms with Crippen LogP contribution in [-0.2, 0) is 16.6 Å². The van der Waals surface area contributed by atoms with E-state index in [0.717, 1.165) is 5.56 Å². The minimum absolute atomic E-state index is 0.120. The molecular weight excluding hydrogens is 212 g/mol. The van der Waals surface area contributed by atoms with Crippen molar-refractivity contribution in [3.05, 3.63) is 35.4 Å². The monoisotopic (exact) mass is 234 g/mol. The van der Waals surface area contributed by atoms with E-state index in [2.05, 4.69) is 38.2 Å². The second-order valence-corrected chi connectivity index (χ2v) is 5.37. The van der Waals surface area contributed by atoms with Gasteiger partial charge in [0.05, 0.1) is 6.04 Å². The van der Waals surface area contributed by atoms with Gasteiger partial charge in [0.1, 0.15) is 0 Å². The van der Waals surface area contributed by atoms with E-state index in [1.807, 2.05) is 12.1 Å². The topological polar surface area (TPSA) is 55.1 Å². The van der Waals surface area contributed by atoms with Crippen LogP contribution in [0, 0.1) is 0 Å². The number of likely N-dealkylation sites (N-methyl/N-ethyl adjacent to an activating group) is 1. The van der Waals surface area contributed by atoms with Gasteiger partial charge in [0.15, 0.2) is 0 Å². The Balaban J connectivity index is 2.72. The Morgan fingerprint density at radius 2 is 1.82 bits per heavy atom. The molecule has 0 saturated carbocycles. The Morgan fingerprint density at radius 1 is 1.29 bits per heavy atom. The summed E-state index contributed by atoms with van der Waals surface area (Å²) in [5.41, 5.74) is 8.30. The number of benzene rings is 1. The number of carbonyl (C=O) groups excluding carboxylic acids is 1. The lowest BCUT2D eigenvalue weighted by Gasteiger charge is -2.19. The van der Waals surface area contributed by atoms with Gasteiger partial charge >= 0.3 is 0 Å². The minimum atomic E-state index is -0.472. The van der Waals surface area contributed by atoms with Crippen molar-refractivity contribution in [3.8, 4) is 0 Å². The van der Waals surface area contributed by atoms with Crippen molar-refractivity contribution in [1.82, 2.24) is 5.32 Å². The molecule has 3 heteroatoms. The van der Waals surface area contributed by atoms with Gasteiger partial charge in [0.2, 0.25) is 5.91 Å². The lowest BCUT2D eigenvalue weighted by Crippen LogP contribution is -2.40. The first-order chi connectivity index (χ1) is 7.84. The second kappa shape index (κ2) is 5.32. The van der Waals surface area contributed by atoms with Crippen molar-refractivity contribution in [3.63, 3.8) is 0 Å². The standard InChI is InChI=1S/C14H22N2O/c1-14(2,3)11-7-5-10(6-8-11)9-12(15)13(17)16-4/h5-8,12H,9,15H2,1-4H3,(H,16,17). The Labute approximate surface area is 103 Å². The van der Waals surface area contributed by atoms with Crippen LogP contribution >= 0.6 is 0 Å². The van der Waals surface area contributed by atoms with E-state index >= 15 is 0 Å². The van der Waals surface area contributed by atoms with E-state index in [4.69, 9.17) is 5.73 Å². The van der Waals surface area contributed by atoms with Gasteiger partial charge in [-0.05, 0) is 23.0 Å². The molecule has 1 amide bonds. The fourth-order valence-corrected chi connectivity index (χ4v) is 1.67. The minimum Gasteiger partial charge on any atom is -0.358 e. The highest BCUT2D eigenvalue weighted by Crippen LogP contribution is 2.22. The number of hydrogen-bond donors (Lipinski definition) is 2. The molecule has 0 heterocycles. The zero-order chi connectivity index (χ0) is 13.1. The molecule has 3 nitrogen and oxygen atoms in total. The molecule has 1 unspecified atom stereocenters. The summed E-state index contributed by atoms with van der Waals surface area (Å²) in [5.74, 6) is -0.120. The van der Waals surface area contributed by atoms with Crippen LogP contribution < -0.4 is 11.1 Å². The molecule has 17 heavy (non-hydrogen) atoms. The molecule has 1 atom stereocenters. The molecule has 0 aliphatic rings. The van der Waals surface area contributed by atoms with Gasteiger partial charge in [0.25, 0.3) is 0 Å². The maximum atomic E-state index is 11.3. The molecule has 0 bridgehead atoms. The van der Waals surface area contributed by atoms with Crippen LogP contribution in [0.15, 0.2) is 24.3 Å². The molecular formula is C14H22N2O. The lowest BCUT2D eigenvalue weighted by molar-refractivity contribution is -0.121. The van der Waals surface area contributed by atoms with Crippen LogP contribution in [0.4, 0.5) is 0 Å². The molecule has 0 fully saturated rings. The van der Waals surface area contributed by atoms with Gasteiger partial charge in [-0.25, -0.2) is 0 Å². The fraction of sp³-hybridized carbons (Fsp3) is 0.500. The largest absolute Gasteiger partial charge is 0.358 e. The smallest absolute Gasteiger partial charge is 0.237 e. The number of nitrogens with one attached hydrogen (secondary N) is 1. The van der Waals surface area contributed by atoms with Crippen LogP contribution in [0.25, 0.3) is 0 Å². The summed E-state index contributed by atoms with van der Waals surface area (Å²) in [4.78, 5) is 11.3. The van der Waals surface area contributed by atoms with Gasteiger partial charge in [-0.15, -0.1) is 0 Å². The predicted molar refractivity (Wildman–Crippen MR) is 70.9 cm³/mol. The summed E-state index contributed by atoms with van der Waals surface area (Å²) >= 11 is 0. The summed E-state index contributed by atoms with van der Waals surface area (Å²) in [6.07, 6.45) is 0.574. The fourth-order valence-electron chi connectivity index (χ4n) is 1.67. The highest BCUT2D eigenvalue weighted by Gasteiger charge is 2.15. The molecule has 0 aromatic heterocycles. The second-order valence-electron chi connectivity index (χ2n) is 5.37. The zero-order valence-corrected chi connectivity index (χ0v) is 11.1. The molecule has 1 aromatic rings. The quantitative estimate of drug-likeness (QED) is 0.834. The van der Waals surface area contributed by atoms with E-state index in [0.29, 0.717) is 6.42 Å². The maximum absolute atomic E-state index is 11.3. The van der Waals surface area contributed by atoms with Gasteiger partial charge in [-0.2, -0.15) is 0 Å². The van der Waals surface area contributed by atoms with Gasteiger partial charge in [0, 0.05) is 7.05 Å². The Morgan fingerprint density at radius 3 is 2.24 bits per heavy atom. The van der Waals surface area contributed by atoms with Crippen LogP contribution in [0.2, 0.25) is 0 Å². The molecule has 0 saturated heterocycles. The summed E-state index contributed by atoms with van der Waals surface area (Å²) in [6, 6.07) is 7.82. The SMILES string of the molecule is CNC(=O)C(N)Cc1ccc(C(C)(C)C)cc1. The Kier molecular flexibility index (Phi) is 4.29. The highest BCUT2D eigenvalue weighted by molar-refractivity contribution is 5.81. The number of rotatable bonds is 3. The summed E-state index contributed by atoms with van der Waals surface area (Å²) in [7, 11) is 1.60. The third kappa shape index (κ3) is 3.86. The predicted octanol–water partition coefficient (Wildman–Crippen LogP) is 1.60. The molecule has 0 aliphatic carbocycles. The van der Waals surface area contributed by atoms with Crippen molar-refractivity contribution in [2.24, 2.45) is 5.73 Å². The van der Waals surface area contributed by atoms with E-state index in [1.54, 1.807) is 7.05 Å². The van der Waals surface area contributed by atoms with Gasteiger partial charge < -0.3 is 11.1 Å². The van der Waals surface area contributed by atoms with Crippen molar-refractivity contribution >= 4 is 5.91 Å². The molecule has 1 rings (SSSR count). The van der Waals surface area contributed by atoms with Gasteiger partial charge in [-0.3, -0.25) is 4.79 Å². The van der Waals surface area contributed by atoms with Gasteiger partial charge in [-0.1, -0.05) is 45.0 Å². The molecule has 0 aliphatic heterocycles. The highest BCUT2D eigenvalue weighted by atomic mass is 16.2. The Hall–Kier alpha value is -1.35. The average Bonchev–Trinajstić information content (AvgIpc) is 2.27. The van der Waals surface area contributed by atoms with Crippen LogP contribution in [0.1, 0.15) is 31.9 Å². The molecule has 94 valence electrons. The number of carbonyl (C=O) groups is 1. The van der Waals surface area contributed by atoms with Crippen molar-refractivity contribution in [2.45, 2.75) is 38.6 Å². The maximum Gasteiger partial charge on any atom is 0.237 e. The van der Waals surface area contributed by atoms with E-state index in [9.17, 15) is 4.79 Å². The normalized spacial score (nSPS) is 13.2. The number of nitrogens with two attached hydrogens (primary N) is 1. The van der Waals surface area contributed by atoms with Crippen molar-refractivity contribution in [2.75, 3.05) is 7.05 Å². The molecule has 0 radical (unpaired) electrons. The van der Waals surface area contributed by atoms with E-state index in [1.165, 1.54) is 5.56 Å². The van der Waals surface area contributed by atoms with Crippen molar-refractivity contribution < 1.29 is 4.79 Å². The molecule has 0 spiro atoms. The van der Waals surface area contributed by atoms with E-state index < -0.39 is 6.04 Å². The van der Waals surface area contributed by atoms with E-state index in [-0.39, 0.29) is 11.3 Å². The molecule has 1 aromatic carbocycles.